The van der Waals surface area contributed by atoms with Crippen LogP contribution in [0.25, 0.3) is 10.3 Å². The first-order valence-corrected chi connectivity index (χ1v) is 5.51. The monoisotopic (exact) mass is 212 g/mol. The van der Waals surface area contributed by atoms with E-state index in [1.165, 1.54) is 0 Å². The van der Waals surface area contributed by atoms with Crippen LogP contribution in [-0.2, 0) is 6.42 Å². The summed E-state index contributed by atoms with van der Waals surface area (Å²) in [6.45, 7) is 0. The van der Waals surface area contributed by atoms with E-state index in [2.05, 4.69) is 9.97 Å². The maximum absolute atomic E-state index is 5.61. The molecule has 0 saturated carbocycles. The third-order valence-electron chi connectivity index (χ3n) is 1.73. The molecule has 0 aliphatic rings. The molecule has 68 valence electrons. The second-order valence-corrected chi connectivity index (χ2v) is 4.22. The summed E-state index contributed by atoms with van der Waals surface area (Å²) in [5.41, 5.74) is 0.858. The first kappa shape index (κ1) is 8.91. The molecule has 0 radical (unpaired) electrons. The van der Waals surface area contributed by atoms with Crippen molar-refractivity contribution >= 4 is 33.3 Å². The van der Waals surface area contributed by atoms with E-state index in [0.29, 0.717) is 5.88 Å². The fraction of sp³-hybridized carbons (Fsp3) is 0.333. The van der Waals surface area contributed by atoms with E-state index >= 15 is 0 Å². The van der Waals surface area contributed by atoms with Gasteiger partial charge >= 0.3 is 0 Å². The summed E-state index contributed by atoms with van der Waals surface area (Å²) in [6, 6.07) is 3.98. The molecule has 0 spiro atoms. The number of rotatable bonds is 3. The maximum atomic E-state index is 5.61. The van der Waals surface area contributed by atoms with Crippen LogP contribution in [-0.4, -0.2) is 15.8 Å². The SMILES string of the molecule is ClCCCc1nc2ncccc2s1. The highest BCUT2D eigenvalue weighted by Crippen LogP contribution is 2.20. The van der Waals surface area contributed by atoms with Crippen molar-refractivity contribution in [2.45, 2.75) is 12.8 Å². The number of nitrogens with zero attached hydrogens (tertiary/aromatic N) is 2. The molecule has 2 aromatic heterocycles. The molecule has 0 aliphatic heterocycles. The predicted octanol–water partition coefficient (Wildman–Crippen LogP) is 2.86. The van der Waals surface area contributed by atoms with Gasteiger partial charge < -0.3 is 0 Å². The van der Waals surface area contributed by atoms with Crippen LogP contribution in [0.1, 0.15) is 11.4 Å². The fourth-order valence-electron chi connectivity index (χ4n) is 1.14. The van der Waals surface area contributed by atoms with Gasteiger partial charge in [-0.3, -0.25) is 0 Å². The predicted molar refractivity (Wildman–Crippen MR) is 56.5 cm³/mol. The molecule has 4 heteroatoms. The number of halogens is 1. The zero-order valence-corrected chi connectivity index (χ0v) is 8.61. The first-order valence-electron chi connectivity index (χ1n) is 4.16. The van der Waals surface area contributed by atoms with Crippen molar-refractivity contribution in [3.05, 3.63) is 23.3 Å². The number of aryl methyl sites for hydroxylation is 1. The van der Waals surface area contributed by atoms with Gasteiger partial charge in [-0.1, -0.05) is 0 Å². The minimum Gasteiger partial charge on any atom is -0.236 e. The normalized spacial score (nSPS) is 10.8. The summed E-state index contributed by atoms with van der Waals surface area (Å²) < 4.78 is 1.16. The van der Waals surface area contributed by atoms with E-state index in [-0.39, 0.29) is 0 Å². The molecule has 0 aliphatic carbocycles. The van der Waals surface area contributed by atoms with Crippen molar-refractivity contribution in [1.82, 2.24) is 9.97 Å². The summed E-state index contributed by atoms with van der Waals surface area (Å²) in [4.78, 5) is 8.58. The van der Waals surface area contributed by atoms with Gasteiger partial charge in [0, 0.05) is 18.5 Å². The van der Waals surface area contributed by atoms with Gasteiger partial charge in [0.15, 0.2) is 5.65 Å². The van der Waals surface area contributed by atoms with Crippen LogP contribution in [0.5, 0.6) is 0 Å². The number of thiazole rings is 1. The highest BCUT2D eigenvalue weighted by Gasteiger charge is 2.02. The number of hydrogen-bond acceptors (Lipinski definition) is 3. The largest absolute Gasteiger partial charge is 0.236 e. The molecule has 0 amide bonds. The molecule has 0 fully saturated rings. The summed E-state index contributed by atoms with van der Waals surface area (Å²) in [6.07, 6.45) is 3.72. The molecule has 0 unspecified atom stereocenters. The quantitative estimate of drug-likeness (QED) is 0.732. The van der Waals surface area contributed by atoms with Crippen molar-refractivity contribution in [3.63, 3.8) is 0 Å². The van der Waals surface area contributed by atoms with E-state index in [1.54, 1.807) is 17.5 Å². The standard InChI is InChI=1S/C9H9ClN2S/c10-5-1-4-8-12-9-7(13-8)3-2-6-11-9/h2-3,6H,1,4-5H2. The minimum atomic E-state index is 0.698. The fourth-order valence-corrected chi connectivity index (χ4v) is 2.24. The van der Waals surface area contributed by atoms with Crippen molar-refractivity contribution in [2.24, 2.45) is 0 Å². The molecule has 0 aromatic carbocycles. The Kier molecular flexibility index (Phi) is 2.76. The average molecular weight is 213 g/mol. The molecular formula is C9H9ClN2S. The molecule has 0 N–H and O–H groups in total. The van der Waals surface area contributed by atoms with Gasteiger partial charge in [-0.25, -0.2) is 9.97 Å². The lowest BCUT2D eigenvalue weighted by Gasteiger charge is -1.88. The Morgan fingerprint density at radius 1 is 1.46 bits per heavy atom. The van der Waals surface area contributed by atoms with Crippen LogP contribution in [0.4, 0.5) is 0 Å². The van der Waals surface area contributed by atoms with Crippen LogP contribution in [0, 0.1) is 0 Å². The molecule has 13 heavy (non-hydrogen) atoms. The van der Waals surface area contributed by atoms with Crippen LogP contribution in [0.15, 0.2) is 18.3 Å². The third kappa shape index (κ3) is 1.98. The average Bonchev–Trinajstić information content (AvgIpc) is 2.57. The van der Waals surface area contributed by atoms with E-state index in [4.69, 9.17) is 11.6 Å². The lowest BCUT2D eigenvalue weighted by molar-refractivity contribution is 0.917. The van der Waals surface area contributed by atoms with Gasteiger partial charge in [0.1, 0.15) is 0 Å². The molecule has 2 heterocycles. The highest BCUT2D eigenvalue weighted by atomic mass is 35.5. The van der Waals surface area contributed by atoms with E-state index in [9.17, 15) is 0 Å². The molecular weight excluding hydrogens is 204 g/mol. The van der Waals surface area contributed by atoms with E-state index in [1.807, 2.05) is 12.1 Å². The van der Waals surface area contributed by atoms with Crippen LogP contribution >= 0.6 is 22.9 Å². The lowest BCUT2D eigenvalue weighted by Crippen LogP contribution is -1.84. The summed E-state index contributed by atoms with van der Waals surface area (Å²) >= 11 is 7.32. The maximum Gasteiger partial charge on any atom is 0.170 e. The Balaban J connectivity index is 2.28. The van der Waals surface area contributed by atoms with Gasteiger partial charge in [0.05, 0.1) is 9.71 Å². The number of alkyl halides is 1. The smallest absolute Gasteiger partial charge is 0.170 e. The first-order chi connectivity index (χ1) is 6.40. The van der Waals surface area contributed by atoms with Crippen molar-refractivity contribution in [3.8, 4) is 0 Å². The molecule has 0 saturated heterocycles. The summed E-state index contributed by atoms with van der Waals surface area (Å²) in [5.74, 6) is 0.698. The van der Waals surface area contributed by atoms with E-state index in [0.717, 1.165) is 28.2 Å². The Morgan fingerprint density at radius 3 is 3.15 bits per heavy atom. The molecule has 2 nitrogen and oxygen atoms in total. The molecule has 0 atom stereocenters. The topological polar surface area (TPSA) is 25.8 Å². The van der Waals surface area contributed by atoms with Crippen LogP contribution < -0.4 is 0 Å². The summed E-state index contributed by atoms with van der Waals surface area (Å²) in [7, 11) is 0. The van der Waals surface area contributed by atoms with Crippen LogP contribution in [0.2, 0.25) is 0 Å². The minimum absolute atomic E-state index is 0.698. The van der Waals surface area contributed by atoms with Crippen LogP contribution in [0.3, 0.4) is 0 Å². The number of aromatic nitrogens is 2. The van der Waals surface area contributed by atoms with Crippen molar-refractivity contribution < 1.29 is 0 Å². The summed E-state index contributed by atoms with van der Waals surface area (Å²) in [5, 5.41) is 1.13. The third-order valence-corrected chi connectivity index (χ3v) is 3.07. The van der Waals surface area contributed by atoms with E-state index < -0.39 is 0 Å². The highest BCUT2D eigenvalue weighted by molar-refractivity contribution is 7.18. The number of pyridine rings is 1. The number of hydrogen-bond donors (Lipinski definition) is 0. The zero-order valence-electron chi connectivity index (χ0n) is 7.03. The van der Waals surface area contributed by atoms with Gasteiger partial charge in [-0.05, 0) is 18.6 Å². The van der Waals surface area contributed by atoms with Gasteiger partial charge in [0.2, 0.25) is 0 Å². The molecule has 2 rings (SSSR count). The number of fused-ring (bicyclic) bond motifs is 1. The van der Waals surface area contributed by atoms with Crippen molar-refractivity contribution in [2.75, 3.05) is 5.88 Å². The zero-order chi connectivity index (χ0) is 9.10. The second kappa shape index (κ2) is 4.03. The Bertz CT molecular complexity index is 366. The van der Waals surface area contributed by atoms with Gasteiger partial charge in [0.25, 0.3) is 0 Å². The Labute approximate surface area is 85.6 Å². The van der Waals surface area contributed by atoms with Gasteiger partial charge in [-0.15, -0.1) is 22.9 Å². The Morgan fingerprint density at radius 2 is 2.38 bits per heavy atom. The molecule has 2 aromatic rings. The lowest BCUT2D eigenvalue weighted by atomic mass is 10.3. The second-order valence-electron chi connectivity index (χ2n) is 2.73. The molecule has 0 bridgehead atoms. The van der Waals surface area contributed by atoms with Gasteiger partial charge in [-0.2, -0.15) is 0 Å². The Hall–Kier alpha value is -0.670. The van der Waals surface area contributed by atoms with Crippen molar-refractivity contribution in [1.29, 1.82) is 0 Å².